The van der Waals surface area contributed by atoms with E-state index in [4.69, 9.17) is 27.9 Å². The maximum absolute atomic E-state index is 6.11. The highest BCUT2D eigenvalue weighted by atomic mass is 35.5. The molecule has 0 N–H and O–H groups in total. The van der Waals surface area contributed by atoms with Crippen LogP contribution in [0.2, 0.25) is 10.0 Å². The summed E-state index contributed by atoms with van der Waals surface area (Å²) in [5.41, 5.74) is 2.19. The Morgan fingerprint density at radius 3 is 2.44 bits per heavy atom. The predicted octanol–water partition coefficient (Wildman–Crippen LogP) is 6.35. The first-order chi connectivity index (χ1) is 13.0. The van der Waals surface area contributed by atoms with Gasteiger partial charge in [-0.2, -0.15) is 0 Å². The van der Waals surface area contributed by atoms with Gasteiger partial charge in [-0.05, 0) is 62.2 Å². The Kier molecular flexibility index (Phi) is 6.68. The third kappa shape index (κ3) is 4.98. The molecular weight excluding hydrogens is 401 g/mol. The second kappa shape index (κ2) is 9.00. The van der Waals surface area contributed by atoms with Crippen molar-refractivity contribution in [2.75, 3.05) is 0 Å². The van der Waals surface area contributed by atoms with Crippen LogP contribution in [0.3, 0.4) is 0 Å². The summed E-state index contributed by atoms with van der Waals surface area (Å²) in [6, 6.07) is 13.5. The molecule has 3 aromatic rings. The normalized spacial score (nSPS) is 12.2. The molecule has 0 aliphatic carbocycles. The van der Waals surface area contributed by atoms with Crippen LogP contribution in [0.5, 0.6) is 5.75 Å². The fraction of sp³-hybridized carbons (Fsp3) is 0.300. The summed E-state index contributed by atoms with van der Waals surface area (Å²) >= 11 is 13.6. The van der Waals surface area contributed by atoms with Crippen molar-refractivity contribution in [1.29, 1.82) is 0 Å². The van der Waals surface area contributed by atoms with Gasteiger partial charge in [-0.15, -0.1) is 10.2 Å². The van der Waals surface area contributed by atoms with Gasteiger partial charge in [0.1, 0.15) is 5.75 Å². The molecule has 1 unspecified atom stereocenters. The molecule has 0 aliphatic rings. The van der Waals surface area contributed by atoms with Crippen molar-refractivity contribution >= 4 is 35.0 Å². The van der Waals surface area contributed by atoms with E-state index >= 15 is 0 Å². The molecular formula is C20H21Cl2N3OS. The first-order valence-corrected chi connectivity index (χ1v) is 10.4. The first-order valence-electron chi connectivity index (χ1n) is 8.71. The Morgan fingerprint density at radius 2 is 1.78 bits per heavy atom. The van der Waals surface area contributed by atoms with Crippen LogP contribution in [-0.4, -0.2) is 14.8 Å². The summed E-state index contributed by atoms with van der Waals surface area (Å²) in [6.45, 7) is 6.82. The number of thioether (sulfide) groups is 1. The van der Waals surface area contributed by atoms with Crippen LogP contribution in [0, 0.1) is 6.92 Å². The largest absolute Gasteiger partial charge is 0.482 e. The molecule has 27 heavy (non-hydrogen) atoms. The maximum atomic E-state index is 6.11. The molecule has 0 bridgehead atoms. The number of halogens is 2. The molecule has 0 amide bonds. The number of aromatic nitrogens is 3. The summed E-state index contributed by atoms with van der Waals surface area (Å²) in [5.74, 6) is 2.42. The topological polar surface area (TPSA) is 39.9 Å². The number of rotatable bonds is 7. The monoisotopic (exact) mass is 421 g/mol. The molecule has 0 saturated heterocycles. The van der Waals surface area contributed by atoms with Crippen molar-refractivity contribution in [3.63, 3.8) is 0 Å². The average molecular weight is 422 g/mol. The van der Waals surface area contributed by atoms with Crippen LogP contribution >= 0.6 is 35.0 Å². The summed E-state index contributed by atoms with van der Waals surface area (Å²) in [5, 5.41) is 11.1. The first kappa shape index (κ1) is 20.1. The molecule has 0 saturated carbocycles. The summed E-state index contributed by atoms with van der Waals surface area (Å²) in [4.78, 5) is 0. The summed E-state index contributed by atoms with van der Waals surface area (Å²) < 4.78 is 8.21. The number of benzene rings is 2. The lowest BCUT2D eigenvalue weighted by molar-refractivity contribution is 0.208. The Bertz CT molecular complexity index is 912. The van der Waals surface area contributed by atoms with Crippen molar-refractivity contribution < 1.29 is 4.74 Å². The highest BCUT2D eigenvalue weighted by Crippen LogP contribution is 2.29. The Morgan fingerprint density at radius 1 is 1.07 bits per heavy atom. The van der Waals surface area contributed by atoms with Gasteiger partial charge in [-0.1, -0.05) is 47.1 Å². The summed E-state index contributed by atoms with van der Waals surface area (Å²) in [7, 11) is 0. The molecule has 1 atom stereocenters. The zero-order valence-corrected chi connectivity index (χ0v) is 17.8. The molecule has 7 heteroatoms. The highest BCUT2D eigenvalue weighted by Gasteiger charge is 2.19. The zero-order chi connectivity index (χ0) is 19.4. The number of nitrogens with zero attached hydrogens (tertiary/aromatic N) is 3. The maximum Gasteiger partial charge on any atom is 0.191 e. The quantitative estimate of drug-likeness (QED) is 0.416. The van der Waals surface area contributed by atoms with Gasteiger partial charge in [-0.25, -0.2) is 0 Å². The van der Waals surface area contributed by atoms with Gasteiger partial charge < -0.3 is 9.30 Å². The van der Waals surface area contributed by atoms with Crippen molar-refractivity contribution in [2.24, 2.45) is 0 Å². The van der Waals surface area contributed by atoms with E-state index in [9.17, 15) is 0 Å². The van der Waals surface area contributed by atoms with Crippen LogP contribution < -0.4 is 4.74 Å². The van der Waals surface area contributed by atoms with E-state index in [1.54, 1.807) is 11.8 Å². The number of ether oxygens (including phenoxy) is 1. The molecule has 1 aromatic heterocycles. The molecule has 0 aliphatic heterocycles. The Hall–Kier alpha value is -1.69. The molecule has 0 spiro atoms. The molecule has 1 heterocycles. The lowest BCUT2D eigenvalue weighted by Crippen LogP contribution is -2.12. The fourth-order valence-corrected chi connectivity index (χ4v) is 4.04. The lowest BCUT2D eigenvalue weighted by atomic mass is 10.2. The van der Waals surface area contributed by atoms with Gasteiger partial charge in [0.2, 0.25) is 0 Å². The van der Waals surface area contributed by atoms with E-state index < -0.39 is 0 Å². The molecule has 142 valence electrons. The Labute approximate surface area is 173 Å². The predicted molar refractivity (Wildman–Crippen MR) is 112 cm³/mol. The van der Waals surface area contributed by atoms with Gasteiger partial charge in [0, 0.05) is 22.3 Å². The minimum absolute atomic E-state index is 0.220. The van der Waals surface area contributed by atoms with Gasteiger partial charge in [0.05, 0.1) is 0 Å². The number of hydrogen-bond acceptors (Lipinski definition) is 4. The molecule has 2 aromatic carbocycles. The van der Waals surface area contributed by atoms with Gasteiger partial charge in [0.15, 0.2) is 17.1 Å². The molecule has 4 nitrogen and oxygen atoms in total. The van der Waals surface area contributed by atoms with Gasteiger partial charge >= 0.3 is 0 Å². The van der Waals surface area contributed by atoms with Crippen LogP contribution in [0.15, 0.2) is 47.6 Å². The van der Waals surface area contributed by atoms with E-state index in [0.29, 0.717) is 5.02 Å². The highest BCUT2D eigenvalue weighted by molar-refractivity contribution is 7.98. The Balaban J connectivity index is 1.73. The molecule has 0 radical (unpaired) electrons. The summed E-state index contributed by atoms with van der Waals surface area (Å²) in [6.07, 6.45) is -0.220. The van der Waals surface area contributed by atoms with Crippen molar-refractivity contribution in [2.45, 2.75) is 44.3 Å². The van der Waals surface area contributed by atoms with Crippen molar-refractivity contribution in [3.8, 4) is 5.75 Å². The van der Waals surface area contributed by atoms with Crippen LogP contribution in [0.1, 0.15) is 36.9 Å². The SMILES string of the molecule is CCn1c(SCc2ccc(Cl)cc2)nnc1C(C)Oc1ccc(Cl)cc1C. The lowest BCUT2D eigenvalue weighted by Gasteiger charge is -2.17. The number of hydrogen-bond donors (Lipinski definition) is 0. The third-order valence-electron chi connectivity index (χ3n) is 4.15. The van der Waals surface area contributed by atoms with E-state index in [2.05, 4.69) is 21.7 Å². The van der Waals surface area contributed by atoms with Crippen LogP contribution in [0.4, 0.5) is 0 Å². The van der Waals surface area contributed by atoms with E-state index in [-0.39, 0.29) is 6.10 Å². The standard InChI is InChI=1S/C20H21Cl2N3OS/c1-4-25-19(14(3)26-18-10-9-17(22)11-13(18)2)23-24-20(25)27-12-15-5-7-16(21)8-6-15/h5-11,14H,4,12H2,1-3H3. The van der Waals surface area contributed by atoms with E-state index in [0.717, 1.165) is 39.6 Å². The minimum atomic E-state index is -0.220. The van der Waals surface area contributed by atoms with Crippen LogP contribution in [-0.2, 0) is 12.3 Å². The van der Waals surface area contributed by atoms with Crippen molar-refractivity contribution in [3.05, 3.63) is 69.5 Å². The average Bonchev–Trinajstić information content (AvgIpc) is 3.06. The smallest absolute Gasteiger partial charge is 0.191 e. The van der Waals surface area contributed by atoms with E-state index in [1.807, 2.05) is 56.3 Å². The fourth-order valence-electron chi connectivity index (χ4n) is 2.72. The minimum Gasteiger partial charge on any atom is -0.482 e. The molecule has 0 fully saturated rings. The second-order valence-corrected chi connectivity index (χ2v) is 7.99. The van der Waals surface area contributed by atoms with Crippen molar-refractivity contribution in [1.82, 2.24) is 14.8 Å². The van der Waals surface area contributed by atoms with Gasteiger partial charge in [0.25, 0.3) is 0 Å². The molecule has 3 rings (SSSR count). The number of aryl methyl sites for hydroxylation is 1. The zero-order valence-electron chi connectivity index (χ0n) is 15.4. The van der Waals surface area contributed by atoms with Crippen LogP contribution in [0.25, 0.3) is 0 Å². The second-order valence-electron chi connectivity index (χ2n) is 6.17. The van der Waals surface area contributed by atoms with Gasteiger partial charge in [-0.3, -0.25) is 0 Å². The van der Waals surface area contributed by atoms with E-state index in [1.165, 1.54) is 5.56 Å². The third-order valence-corrected chi connectivity index (χ3v) is 5.67.